The second kappa shape index (κ2) is 9.90. The Morgan fingerprint density at radius 3 is 2.45 bits per heavy atom. The Morgan fingerprint density at radius 1 is 0.868 bits per heavy atom. The van der Waals surface area contributed by atoms with Crippen LogP contribution in [0.25, 0.3) is 22.1 Å². The van der Waals surface area contributed by atoms with Crippen molar-refractivity contribution in [3.05, 3.63) is 124 Å². The molecule has 0 aliphatic carbocycles. The van der Waals surface area contributed by atoms with Gasteiger partial charge in [0.1, 0.15) is 29.1 Å². The fourth-order valence-corrected chi connectivity index (χ4v) is 4.98. The van der Waals surface area contributed by atoms with Crippen molar-refractivity contribution in [1.82, 2.24) is 0 Å². The SMILES string of the molecule is O=C1C[C@@H](c2ccccc2OCCc2ccccc2)c2c(ccc3c(=O)c(-c4ccc(O)cc4)coc23)O1. The summed E-state index contributed by atoms with van der Waals surface area (Å²) in [6.07, 6.45) is 2.26. The molecule has 6 nitrogen and oxygen atoms in total. The monoisotopic (exact) mass is 504 g/mol. The summed E-state index contributed by atoms with van der Waals surface area (Å²) in [6, 6.07) is 27.4. The van der Waals surface area contributed by atoms with Gasteiger partial charge < -0.3 is 19.0 Å². The number of phenols is 1. The van der Waals surface area contributed by atoms with E-state index in [2.05, 4.69) is 12.1 Å². The van der Waals surface area contributed by atoms with E-state index in [0.717, 1.165) is 12.0 Å². The van der Waals surface area contributed by atoms with Gasteiger partial charge in [-0.15, -0.1) is 0 Å². The van der Waals surface area contributed by atoms with Crippen molar-refractivity contribution >= 4 is 16.9 Å². The predicted molar refractivity (Wildman–Crippen MR) is 144 cm³/mol. The van der Waals surface area contributed by atoms with E-state index in [1.807, 2.05) is 42.5 Å². The number of phenolic OH excluding ortho intramolecular Hbond substituents is 1. The zero-order chi connectivity index (χ0) is 26.1. The van der Waals surface area contributed by atoms with Gasteiger partial charge in [-0.05, 0) is 41.5 Å². The normalized spacial score (nSPS) is 14.6. The molecule has 0 fully saturated rings. The lowest BCUT2D eigenvalue weighted by molar-refractivity contribution is -0.135. The largest absolute Gasteiger partial charge is 0.508 e. The lowest BCUT2D eigenvalue weighted by Gasteiger charge is -2.27. The maximum atomic E-state index is 13.5. The molecular formula is C32H24O6. The topological polar surface area (TPSA) is 86.0 Å². The van der Waals surface area contributed by atoms with E-state index in [-0.39, 0.29) is 23.6 Å². The molecule has 38 heavy (non-hydrogen) atoms. The third-order valence-electron chi connectivity index (χ3n) is 6.85. The molecule has 1 aliphatic heterocycles. The third-order valence-corrected chi connectivity index (χ3v) is 6.85. The smallest absolute Gasteiger partial charge is 0.312 e. The molecule has 0 spiro atoms. The first-order chi connectivity index (χ1) is 18.6. The number of rotatable bonds is 6. The lowest BCUT2D eigenvalue weighted by atomic mass is 9.84. The number of carbonyl (C=O) groups is 1. The summed E-state index contributed by atoms with van der Waals surface area (Å²) in [5.41, 5.74) is 3.85. The van der Waals surface area contributed by atoms with Crippen LogP contribution in [0.3, 0.4) is 0 Å². The number of hydrogen-bond acceptors (Lipinski definition) is 6. The van der Waals surface area contributed by atoms with Crippen LogP contribution in [0.1, 0.15) is 29.0 Å². The molecule has 0 unspecified atom stereocenters. The maximum absolute atomic E-state index is 13.5. The third kappa shape index (κ3) is 4.41. The van der Waals surface area contributed by atoms with E-state index in [0.29, 0.717) is 45.8 Å². The highest BCUT2D eigenvalue weighted by atomic mass is 16.5. The number of fused-ring (bicyclic) bond motifs is 3. The summed E-state index contributed by atoms with van der Waals surface area (Å²) in [5.74, 6) is 0.393. The van der Waals surface area contributed by atoms with Crippen molar-refractivity contribution in [3.8, 4) is 28.4 Å². The first-order valence-corrected chi connectivity index (χ1v) is 12.4. The molecule has 0 amide bonds. The molecule has 0 saturated heterocycles. The predicted octanol–water partition coefficient (Wildman–Crippen LogP) is 6.23. The molecule has 5 aromatic rings. The molecule has 1 atom stereocenters. The summed E-state index contributed by atoms with van der Waals surface area (Å²) < 4.78 is 17.8. The summed E-state index contributed by atoms with van der Waals surface area (Å²) in [5, 5.41) is 10.0. The Bertz CT molecular complexity index is 1690. The van der Waals surface area contributed by atoms with Gasteiger partial charge in [-0.1, -0.05) is 60.7 Å². The van der Waals surface area contributed by atoms with E-state index >= 15 is 0 Å². The van der Waals surface area contributed by atoms with Gasteiger partial charge in [-0.25, -0.2) is 0 Å². The van der Waals surface area contributed by atoms with Crippen molar-refractivity contribution in [2.24, 2.45) is 0 Å². The van der Waals surface area contributed by atoms with Crippen LogP contribution in [0.4, 0.5) is 0 Å². The highest BCUT2D eigenvalue weighted by molar-refractivity contribution is 5.90. The zero-order valence-corrected chi connectivity index (χ0v) is 20.4. The number of hydrogen-bond donors (Lipinski definition) is 1. The fraction of sp³-hybridized carbons (Fsp3) is 0.125. The van der Waals surface area contributed by atoms with Gasteiger partial charge >= 0.3 is 5.97 Å². The molecular weight excluding hydrogens is 480 g/mol. The van der Waals surface area contributed by atoms with Gasteiger partial charge in [0.2, 0.25) is 5.43 Å². The standard InChI is InChI=1S/C32H24O6/c33-22-12-10-21(11-13-22)26-19-37-32-24(31(26)35)14-15-28-30(32)25(18-29(34)38-28)23-8-4-5-9-27(23)36-17-16-20-6-2-1-3-7-20/h1-15,19,25,33H,16-18H2/t25-/m0/s1. The van der Waals surface area contributed by atoms with E-state index in [1.165, 1.54) is 24.0 Å². The molecule has 6 rings (SSSR count). The number of benzene rings is 4. The average molecular weight is 505 g/mol. The molecule has 0 saturated carbocycles. The average Bonchev–Trinajstić information content (AvgIpc) is 2.94. The van der Waals surface area contributed by atoms with Crippen molar-refractivity contribution in [1.29, 1.82) is 0 Å². The number of aromatic hydroxyl groups is 1. The van der Waals surface area contributed by atoms with Gasteiger partial charge in [0.25, 0.3) is 0 Å². The van der Waals surface area contributed by atoms with Crippen LogP contribution in [0.5, 0.6) is 17.2 Å². The minimum absolute atomic E-state index is 0.0919. The van der Waals surface area contributed by atoms with Crippen molar-refractivity contribution < 1.29 is 23.8 Å². The van der Waals surface area contributed by atoms with E-state index in [9.17, 15) is 14.7 Å². The Morgan fingerprint density at radius 2 is 1.63 bits per heavy atom. The molecule has 0 bridgehead atoms. The second-order valence-corrected chi connectivity index (χ2v) is 9.23. The molecule has 0 radical (unpaired) electrons. The Balaban J connectivity index is 1.41. The minimum atomic E-state index is -0.412. The fourth-order valence-electron chi connectivity index (χ4n) is 4.98. The molecule has 4 aromatic carbocycles. The molecule has 188 valence electrons. The van der Waals surface area contributed by atoms with Gasteiger partial charge in [-0.2, -0.15) is 0 Å². The number of para-hydroxylation sites is 1. The van der Waals surface area contributed by atoms with Crippen molar-refractivity contribution in [2.45, 2.75) is 18.8 Å². The number of ether oxygens (including phenoxy) is 2. The van der Waals surface area contributed by atoms with Crippen LogP contribution in [0.15, 0.2) is 106 Å². The van der Waals surface area contributed by atoms with Crippen molar-refractivity contribution in [3.63, 3.8) is 0 Å². The summed E-state index contributed by atoms with van der Waals surface area (Å²) in [6.45, 7) is 0.478. The summed E-state index contributed by atoms with van der Waals surface area (Å²) in [4.78, 5) is 26.1. The summed E-state index contributed by atoms with van der Waals surface area (Å²) in [7, 11) is 0. The van der Waals surface area contributed by atoms with Gasteiger partial charge in [0.15, 0.2) is 0 Å². The molecule has 1 aromatic heterocycles. The second-order valence-electron chi connectivity index (χ2n) is 9.23. The lowest BCUT2D eigenvalue weighted by Crippen LogP contribution is -2.22. The first kappa shape index (κ1) is 23.6. The van der Waals surface area contributed by atoms with Crippen LogP contribution in [0, 0.1) is 0 Å². The quantitative estimate of drug-likeness (QED) is 0.218. The van der Waals surface area contributed by atoms with Gasteiger partial charge in [0, 0.05) is 23.5 Å². The van der Waals surface area contributed by atoms with Crippen LogP contribution in [0.2, 0.25) is 0 Å². The maximum Gasteiger partial charge on any atom is 0.312 e. The number of esters is 1. The zero-order valence-electron chi connectivity index (χ0n) is 20.4. The highest BCUT2D eigenvalue weighted by Crippen LogP contribution is 2.45. The van der Waals surface area contributed by atoms with Crippen LogP contribution >= 0.6 is 0 Å². The molecule has 1 aliphatic rings. The molecule has 2 heterocycles. The van der Waals surface area contributed by atoms with E-state index in [4.69, 9.17) is 13.9 Å². The molecule has 6 heteroatoms. The first-order valence-electron chi connectivity index (χ1n) is 12.4. The van der Waals surface area contributed by atoms with Crippen molar-refractivity contribution in [2.75, 3.05) is 6.61 Å². The Hall–Kier alpha value is -4.84. The van der Waals surface area contributed by atoms with Gasteiger partial charge in [-0.3, -0.25) is 9.59 Å². The molecule has 1 N–H and O–H groups in total. The Kier molecular flexibility index (Phi) is 6.14. The van der Waals surface area contributed by atoms with Crippen LogP contribution in [-0.2, 0) is 11.2 Å². The number of carbonyl (C=O) groups excluding carboxylic acids is 1. The van der Waals surface area contributed by atoms with Crippen LogP contribution < -0.4 is 14.9 Å². The highest BCUT2D eigenvalue weighted by Gasteiger charge is 2.33. The minimum Gasteiger partial charge on any atom is -0.508 e. The van der Waals surface area contributed by atoms with E-state index in [1.54, 1.807) is 24.3 Å². The Labute approximate surface area is 218 Å². The van der Waals surface area contributed by atoms with E-state index < -0.39 is 5.92 Å². The van der Waals surface area contributed by atoms with Crippen LogP contribution in [-0.4, -0.2) is 17.7 Å². The van der Waals surface area contributed by atoms with Gasteiger partial charge in [0.05, 0.1) is 24.0 Å². The summed E-state index contributed by atoms with van der Waals surface area (Å²) >= 11 is 0.